The molecule has 0 saturated carbocycles. The van der Waals surface area contributed by atoms with Crippen molar-refractivity contribution in [3.8, 4) is 11.5 Å². The maximum Gasteiger partial charge on any atom is 0.262 e. The molecule has 0 radical (unpaired) electrons. The minimum Gasteiger partial charge on any atom is -0.497 e. The number of likely N-dealkylation sites (N-methyl/N-ethyl adjacent to an activating group) is 1. The van der Waals surface area contributed by atoms with E-state index in [-0.39, 0.29) is 18.4 Å². The summed E-state index contributed by atoms with van der Waals surface area (Å²) in [5, 5.41) is 5.65. The molecule has 7 heteroatoms. The third-order valence-corrected chi connectivity index (χ3v) is 4.45. The van der Waals surface area contributed by atoms with Gasteiger partial charge in [-0.25, -0.2) is 0 Å². The van der Waals surface area contributed by atoms with Gasteiger partial charge in [-0.1, -0.05) is 19.9 Å². The summed E-state index contributed by atoms with van der Waals surface area (Å²) in [4.78, 5) is 26.5. The lowest BCUT2D eigenvalue weighted by Gasteiger charge is -2.17. The lowest BCUT2D eigenvalue weighted by Crippen LogP contribution is -2.34. The molecule has 2 aromatic rings. The Bertz CT molecular complexity index is 789. The highest BCUT2D eigenvalue weighted by Crippen LogP contribution is 2.17. The SMILES string of the molecule is CCN(CC)CCNC(=O)c1ccc(OCC(=O)Nc2cccc(OC)c2)cc1. The molecule has 0 aliphatic carbocycles. The summed E-state index contributed by atoms with van der Waals surface area (Å²) in [6.07, 6.45) is 0. The predicted molar refractivity (Wildman–Crippen MR) is 114 cm³/mol. The molecule has 2 amide bonds. The molecule has 156 valence electrons. The Morgan fingerprint density at radius 1 is 1.00 bits per heavy atom. The Hall–Kier alpha value is -3.06. The van der Waals surface area contributed by atoms with Crippen molar-refractivity contribution in [2.24, 2.45) is 0 Å². The average molecular weight is 399 g/mol. The van der Waals surface area contributed by atoms with Crippen LogP contribution in [0.2, 0.25) is 0 Å². The minimum atomic E-state index is -0.281. The average Bonchev–Trinajstić information content (AvgIpc) is 2.75. The number of rotatable bonds is 11. The van der Waals surface area contributed by atoms with Crippen LogP contribution in [0.25, 0.3) is 0 Å². The molecule has 0 unspecified atom stereocenters. The number of nitrogens with one attached hydrogen (secondary N) is 2. The summed E-state index contributed by atoms with van der Waals surface area (Å²) in [6.45, 7) is 7.41. The zero-order chi connectivity index (χ0) is 21.1. The van der Waals surface area contributed by atoms with Crippen LogP contribution in [-0.2, 0) is 4.79 Å². The zero-order valence-electron chi connectivity index (χ0n) is 17.2. The molecule has 0 aromatic heterocycles. The number of hydrogen-bond acceptors (Lipinski definition) is 5. The van der Waals surface area contributed by atoms with Crippen LogP contribution in [0.15, 0.2) is 48.5 Å². The van der Waals surface area contributed by atoms with Gasteiger partial charge in [0.05, 0.1) is 7.11 Å². The van der Waals surface area contributed by atoms with Crippen LogP contribution in [0.1, 0.15) is 24.2 Å². The van der Waals surface area contributed by atoms with Crippen LogP contribution in [0.4, 0.5) is 5.69 Å². The maximum absolute atomic E-state index is 12.2. The summed E-state index contributed by atoms with van der Waals surface area (Å²) in [5.74, 6) is 0.774. The first-order valence-corrected chi connectivity index (χ1v) is 9.73. The number of methoxy groups -OCH3 is 1. The zero-order valence-corrected chi connectivity index (χ0v) is 17.2. The Morgan fingerprint density at radius 2 is 1.72 bits per heavy atom. The van der Waals surface area contributed by atoms with E-state index in [0.717, 1.165) is 19.6 Å². The summed E-state index contributed by atoms with van der Waals surface area (Å²) >= 11 is 0. The molecule has 2 rings (SSSR count). The number of benzene rings is 2. The van der Waals surface area contributed by atoms with Gasteiger partial charge in [0, 0.05) is 30.4 Å². The largest absolute Gasteiger partial charge is 0.497 e. The summed E-state index contributed by atoms with van der Waals surface area (Å²) in [6, 6.07) is 13.8. The molecular weight excluding hydrogens is 370 g/mol. The second-order valence-electron chi connectivity index (χ2n) is 6.38. The lowest BCUT2D eigenvalue weighted by molar-refractivity contribution is -0.118. The molecule has 0 aliphatic rings. The van der Waals surface area contributed by atoms with Gasteiger partial charge in [-0.3, -0.25) is 9.59 Å². The third kappa shape index (κ3) is 7.46. The molecule has 0 atom stereocenters. The van der Waals surface area contributed by atoms with E-state index in [1.807, 2.05) is 0 Å². The molecule has 2 aromatic carbocycles. The van der Waals surface area contributed by atoms with Crippen molar-refractivity contribution in [3.63, 3.8) is 0 Å². The molecular formula is C22H29N3O4. The van der Waals surface area contributed by atoms with Crippen molar-refractivity contribution in [2.75, 3.05) is 45.2 Å². The maximum atomic E-state index is 12.2. The van der Waals surface area contributed by atoms with E-state index in [2.05, 4.69) is 29.4 Å². The number of ether oxygens (including phenoxy) is 2. The molecule has 0 fully saturated rings. The number of hydrogen-bond donors (Lipinski definition) is 2. The van der Waals surface area contributed by atoms with Gasteiger partial charge in [-0.15, -0.1) is 0 Å². The standard InChI is InChI=1S/C22H29N3O4/c1-4-25(5-2)14-13-23-22(27)17-9-11-19(12-10-17)29-16-21(26)24-18-7-6-8-20(15-18)28-3/h6-12,15H,4-5,13-14,16H2,1-3H3,(H,23,27)(H,24,26). The highest BCUT2D eigenvalue weighted by atomic mass is 16.5. The topological polar surface area (TPSA) is 79.9 Å². The van der Waals surface area contributed by atoms with E-state index in [1.165, 1.54) is 0 Å². The fourth-order valence-corrected chi connectivity index (χ4v) is 2.72. The Labute approximate surface area is 172 Å². The van der Waals surface area contributed by atoms with E-state index < -0.39 is 0 Å². The summed E-state index contributed by atoms with van der Waals surface area (Å²) < 4.78 is 10.6. The number of carbonyl (C=O) groups is 2. The van der Waals surface area contributed by atoms with Gasteiger partial charge >= 0.3 is 0 Å². The van der Waals surface area contributed by atoms with Crippen molar-refractivity contribution in [1.29, 1.82) is 0 Å². The van der Waals surface area contributed by atoms with Crippen LogP contribution < -0.4 is 20.1 Å². The van der Waals surface area contributed by atoms with Crippen molar-refractivity contribution in [2.45, 2.75) is 13.8 Å². The second-order valence-corrected chi connectivity index (χ2v) is 6.38. The number of nitrogens with zero attached hydrogens (tertiary/aromatic N) is 1. The van der Waals surface area contributed by atoms with Crippen molar-refractivity contribution in [3.05, 3.63) is 54.1 Å². The molecule has 0 heterocycles. The van der Waals surface area contributed by atoms with E-state index in [4.69, 9.17) is 9.47 Å². The van der Waals surface area contributed by atoms with Gasteiger partial charge in [0.1, 0.15) is 11.5 Å². The molecule has 0 saturated heterocycles. The highest BCUT2D eigenvalue weighted by Gasteiger charge is 2.08. The van der Waals surface area contributed by atoms with Crippen molar-refractivity contribution < 1.29 is 19.1 Å². The van der Waals surface area contributed by atoms with E-state index >= 15 is 0 Å². The molecule has 29 heavy (non-hydrogen) atoms. The van der Waals surface area contributed by atoms with Gasteiger partial charge in [0.25, 0.3) is 11.8 Å². The van der Waals surface area contributed by atoms with Gasteiger partial charge in [-0.2, -0.15) is 0 Å². The summed E-state index contributed by atoms with van der Waals surface area (Å²) in [5.41, 5.74) is 1.19. The van der Waals surface area contributed by atoms with E-state index in [1.54, 1.807) is 55.6 Å². The van der Waals surface area contributed by atoms with E-state index in [0.29, 0.717) is 29.3 Å². The van der Waals surface area contributed by atoms with Crippen molar-refractivity contribution in [1.82, 2.24) is 10.2 Å². The number of amides is 2. The second kappa shape index (κ2) is 11.7. The van der Waals surface area contributed by atoms with Crippen LogP contribution >= 0.6 is 0 Å². The quantitative estimate of drug-likeness (QED) is 0.607. The van der Waals surface area contributed by atoms with Gasteiger partial charge < -0.3 is 25.0 Å². The first-order chi connectivity index (χ1) is 14.0. The van der Waals surface area contributed by atoms with E-state index in [9.17, 15) is 9.59 Å². The first kappa shape index (κ1) is 22.2. The Kier molecular flexibility index (Phi) is 8.98. The predicted octanol–water partition coefficient (Wildman–Crippen LogP) is 2.78. The monoisotopic (exact) mass is 399 g/mol. The highest BCUT2D eigenvalue weighted by molar-refractivity contribution is 5.94. The molecule has 0 bridgehead atoms. The fourth-order valence-electron chi connectivity index (χ4n) is 2.72. The van der Waals surface area contributed by atoms with Crippen LogP contribution in [0, 0.1) is 0 Å². The molecule has 2 N–H and O–H groups in total. The normalized spacial score (nSPS) is 10.5. The minimum absolute atomic E-state index is 0.125. The van der Waals surface area contributed by atoms with Crippen LogP contribution in [-0.4, -0.2) is 56.6 Å². The van der Waals surface area contributed by atoms with Crippen molar-refractivity contribution >= 4 is 17.5 Å². The van der Waals surface area contributed by atoms with Crippen LogP contribution in [0.3, 0.4) is 0 Å². The fraction of sp³-hybridized carbons (Fsp3) is 0.364. The lowest BCUT2D eigenvalue weighted by atomic mass is 10.2. The Balaban J connectivity index is 1.77. The molecule has 7 nitrogen and oxygen atoms in total. The smallest absolute Gasteiger partial charge is 0.262 e. The number of anilines is 1. The first-order valence-electron chi connectivity index (χ1n) is 9.73. The van der Waals surface area contributed by atoms with Gasteiger partial charge in [0.2, 0.25) is 0 Å². The Morgan fingerprint density at radius 3 is 2.38 bits per heavy atom. The third-order valence-electron chi connectivity index (χ3n) is 4.45. The van der Waals surface area contributed by atoms with Crippen LogP contribution in [0.5, 0.6) is 11.5 Å². The number of carbonyl (C=O) groups excluding carboxylic acids is 2. The molecule has 0 spiro atoms. The summed E-state index contributed by atoms with van der Waals surface area (Å²) in [7, 11) is 1.57. The van der Waals surface area contributed by atoms with Gasteiger partial charge in [0.15, 0.2) is 6.61 Å². The molecule has 0 aliphatic heterocycles. The van der Waals surface area contributed by atoms with Gasteiger partial charge in [-0.05, 0) is 49.5 Å².